The third-order valence-corrected chi connectivity index (χ3v) is 5.71. The fourth-order valence-corrected chi connectivity index (χ4v) is 4.18. The molecule has 0 bridgehead atoms. The first kappa shape index (κ1) is 21.9. The van der Waals surface area contributed by atoms with Crippen molar-refractivity contribution in [2.45, 2.75) is 23.8 Å². The maximum Gasteiger partial charge on any atom is 0.257 e. The summed E-state index contributed by atoms with van der Waals surface area (Å²) < 4.78 is 50.7. The Morgan fingerprint density at radius 1 is 1.20 bits per heavy atom. The highest BCUT2D eigenvalue weighted by Crippen LogP contribution is 2.34. The SMILES string of the molecule is NC(=O)C(c1ccc(-c2cnn(CC(F)F)c2)c(S(N)(=O)=O)c1)c1ccccc1Cl. The van der Waals surface area contributed by atoms with Crippen molar-refractivity contribution < 1.29 is 22.0 Å². The van der Waals surface area contributed by atoms with Crippen LogP contribution in [-0.4, -0.2) is 30.5 Å². The summed E-state index contributed by atoms with van der Waals surface area (Å²) >= 11 is 6.19. The fraction of sp³-hybridized carbons (Fsp3) is 0.158. The van der Waals surface area contributed by atoms with Gasteiger partial charge in [0.05, 0.1) is 17.0 Å². The van der Waals surface area contributed by atoms with Crippen LogP contribution >= 0.6 is 11.6 Å². The van der Waals surface area contributed by atoms with Crippen molar-refractivity contribution in [3.05, 3.63) is 71.0 Å². The topological polar surface area (TPSA) is 121 Å². The lowest BCUT2D eigenvalue weighted by atomic mass is 9.89. The Balaban J connectivity index is 2.14. The molecule has 0 aliphatic rings. The molecule has 3 rings (SSSR count). The van der Waals surface area contributed by atoms with Crippen LogP contribution in [0, 0.1) is 0 Å². The normalized spacial score (nSPS) is 12.8. The number of primary amides is 1. The highest BCUT2D eigenvalue weighted by Gasteiger charge is 2.26. The monoisotopic (exact) mass is 454 g/mol. The summed E-state index contributed by atoms with van der Waals surface area (Å²) in [4.78, 5) is 11.9. The number of nitrogens with two attached hydrogens (primary N) is 2. The number of amides is 1. The number of nitrogens with zero attached hydrogens (tertiary/aromatic N) is 2. The molecule has 0 saturated carbocycles. The van der Waals surface area contributed by atoms with Gasteiger partial charge in [-0.25, -0.2) is 22.3 Å². The first-order valence-corrected chi connectivity index (χ1v) is 10.5. The molecule has 0 saturated heterocycles. The minimum Gasteiger partial charge on any atom is -0.369 e. The van der Waals surface area contributed by atoms with E-state index in [0.717, 1.165) is 4.68 Å². The van der Waals surface area contributed by atoms with E-state index in [9.17, 15) is 22.0 Å². The summed E-state index contributed by atoms with van der Waals surface area (Å²) in [6.07, 6.45) is -0.0777. The molecule has 7 nitrogen and oxygen atoms in total. The zero-order chi connectivity index (χ0) is 22.1. The van der Waals surface area contributed by atoms with E-state index in [1.54, 1.807) is 24.3 Å². The van der Waals surface area contributed by atoms with Crippen LogP contribution in [-0.2, 0) is 21.4 Å². The molecule has 2 aromatic carbocycles. The number of primary sulfonamides is 1. The summed E-state index contributed by atoms with van der Waals surface area (Å²) in [7, 11) is -4.24. The van der Waals surface area contributed by atoms with Gasteiger partial charge >= 0.3 is 0 Å². The first-order valence-electron chi connectivity index (χ1n) is 8.59. The van der Waals surface area contributed by atoms with Crippen LogP contribution in [0.5, 0.6) is 0 Å². The standard InChI is InChI=1S/C19H17ClF2N4O3S/c20-15-4-2-1-3-14(15)18(19(23)27)11-5-6-13(16(7-11)30(24,28)29)12-8-25-26(9-12)10-17(21)22/h1-9,17-18H,10H2,(H2,23,27)(H2,24,28,29). The Bertz CT molecular complexity index is 1200. The van der Waals surface area contributed by atoms with Crippen LogP contribution in [0.1, 0.15) is 17.0 Å². The Morgan fingerprint density at radius 3 is 2.50 bits per heavy atom. The molecule has 158 valence electrons. The number of halogens is 3. The number of carbonyl (C=O) groups is 1. The van der Waals surface area contributed by atoms with Crippen LogP contribution in [0.2, 0.25) is 5.02 Å². The van der Waals surface area contributed by atoms with E-state index in [-0.39, 0.29) is 26.6 Å². The minimum absolute atomic E-state index is 0.157. The molecular formula is C19H17ClF2N4O3S. The molecule has 11 heteroatoms. The Hall–Kier alpha value is -2.82. The molecule has 0 spiro atoms. The highest BCUT2D eigenvalue weighted by molar-refractivity contribution is 7.89. The highest BCUT2D eigenvalue weighted by atomic mass is 35.5. The zero-order valence-electron chi connectivity index (χ0n) is 15.4. The largest absolute Gasteiger partial charge is 0.369 e. The summed E-state index contributed by atoms with van der Waals surface area (Å²) in [5, 5.41) is 9.48. The number of sulfonamides is 1. The van der Waals surface area contributed by atoms with Crippen LogP contribution < -0.4 is 10.9 Å². The molecule has 4 N–H and O–H groups in total. The summed E-state index contributed by atoms with van der Waals surface area (Å²) in [6, 6.07) is 10.7. The van der Waals surface area contributed by atoms with Crippen molar-refractivity contribution >= 4 is 27.5 Å². The van der Waals surface area contributed by atoms with Crippen LogP contribution in [0.15, 0.2) is 59.8 Å². The quantitative estimate of drug-likeness (QED) is 0.570. The average molecular weight is 455 g/mol. The summed E-state index contributed by atoms with van der Waals surface area (Å²) in [6.45, 7) is -0.640. The summed E-state index contributed by atoms with van der Waals surface area (Å²) in [5.74, 6) is -1.75. The molecular weight excluding hydrogens is 438 g/mol. The second-order valence-corrected chi connectivity index (χ2v) is 8.44. The van der Waals surface area contributed by atoms with Gasteiger partial charge < -0.3 is 5.73 Å². The average Bonchev–Trinajstić information content (AvgIpc) is 3.10. The van der Waals surface area contributed by atoms with Gasteiger partial charge in [0.2, 0.25) is 15.9 Å². The zero-order valence-corrected chi connectivity index (χ0v) is 16.9. The molecule has 3 aromatic rings. The summed E-state index contributed by atoms with van der Waals surface area (Å²) in [5.41, 5.74) is 6.67. The smallest absolute Gasteiger partial charge is 0.257 e. The van der Waals surface area contributed by atoms with Gasteiger partial charge in [-0.3, -0.25) is 9.48 Å². The third-order valence-electron chi connectivity index (χ3n) is 4.42. The number of hydrogen-bond donors (Lipinski definition) is 2. The van der Waals surface area contributed by atoms with Crippen LogP contribution in [0.4, 0.5) is 8.78 Å². The Labute approximate surface area is 176 Å². The maximum absolute atomic E-state index is 12.6. The minimum atomic E-state index is -4.24. The van der Waals surface area contributed by atoms with E-state index in [4.69, 9.17) is 22.5 Å². The molecule has 1 amide bonds. The molecule has 30 heavy (non-hydrogen) atoms. The van der Waals surface area contributed by atoms with Crippen molar-refractivity contribution in [2.75, 3.05) is 0 Å². The van der Waals surface area contributed by atoms with E-state index >= 15 is 0 Å². The van der Waals surface area contributed by atoms with Crippen molar-refractivity contribution in [2.24, 2.45) is 10.9 Å². The predicted molar refractivity (Wildman–Crippen MR) is 108 cm³/mol. The van der Waals surface area contributed by atoms with Gasteiger partial charge in [-0.1, -0.05) is 41.9 Å². The van der Waals surface area contributed by atoms with Gasteiger partial charge in [-0.2, -0.15) is 5.10 Å². The van der Waals surface area contributed by atoms with Crippen molar-refractivity contribution in [1.29, 1.82) is 0 Å². The number of hydrogen-bond acceptors (Lipinski definition) is 4. The Kier molecular flexibility index (Phi) is 6.20. The molecule has 0 aliphatic carbocycles. The number of rotatable bonds is 7. The van der Waals surface area contributed by atoms with Crippen molar-refractivity contribution in [1.82, 2.24) is 9.78 Å². The lowest BCUT2D eigenvalue weighted by molar-refractivity contribution is -0.118. The van der Waals surface area contributed by atoms with Crippen molar-refractivity contribution in [3.8, 4) is 11.1 Å². The molecule has 0 radical (unpaired) electrons. The molecule has 1 atom stereocenters. The number of benzene rings is 2. The van der Waals surface area contributed by atoms with Crippen LogP contribution in [0.25, 0.3) is 11.1 Å². The lowest BCUT2D eigenvalue weighted by Gasteiger charge is -2.18. The molecule has 1 heterocycles. The number of carbonyl (C=O) groups excluding carboxylic acids is 1. The van der Waals surface area contributed by atoms with Gasteiger partial charge in [0, 0.05) is 22.3 Å². The van der Waals surface area contributed by atoms with Gasteiger partial charge in [0.15, 0.2) is 0 Å². The van der Waals surface area contributed by atoms with Crippen molar-refractivity contribution in [3.63, 3.8) is 0 Å². The van der Waals surface area contributed by atoms with E-state index in [2.05, 4.69) is 5.10 Å². The first-order chi connectivity index (χ1) is 14.1. The predicted octanol–water partition coefficient (Wildman–Crippen LogP) is 2.73. The molecule has 1 unspecified atom stereocenters. The van der Waals surface area contributed by atoms with Crippen LogP contribution in [0.3, 0.4) is 0 Å². The Morgan fingerprint density at radius 2 is 1.90 bits per heavy atom. The lowest BCUT2D eigenvalue weighted by Crippen LogP contribution is -2.23. The second kappa shape index (κ2) is 8.50. The van der Waals surface area contributed by atoms with Gasteiger partial charge in [0.25, 0.3) is 6.43 Å². The van der Waals surface area contributed by atoms with E-state index in [1.165, 1.54) is 30.6 Å². The maximum atomic E-state index is 12.6. The van der Waals surface area contributed by atoms with E-state index < -0.39 is 34.8 Å². The molecule has 0 aliphatic heterocycles. The molecule has 0 fully saturated rings. The van der Waals surface area contributed by atoms with Gasteiger partial charge in [-0.05, 0) is 23.3 Å². The number of alkyl halides is 2. The fourth-order valence-electron chi connectivity index (χ4n) is 3.14. The second-order valence-electron chi connectivity index (χ2n) is 6.50. The van der Waals surface area contributed by atoms with E-state index in [1.807, 2.05) is 0 Å². The third kappa shape index (κ3) is 4.66. The van der Waals surface area contributed by atoms with Gasteiger partial charge in [0.1, 0.15) is 6.54 Å². The number of aromatic nitrogens is 2. The molecule has 1 aromatic heterocycles. The van der Waals surface area contributed by atoms with Gasteiger partial charge in [-0.15, -0.1) is 0 Å². The van der Waals surface area contributed by atoms with E-state index in [0.29, 0.717) is 5.56 Å².